The molecule has 3 rings (SSSR count). The molecule has 0 bridgehead atoms. The third-order valence-electron chi connectivity index (χ3n) is 4.39. The number of hydrogen-bond donors (Lipinski definition) is 2. The van der Waals surface area contributed by atoms with E-state index in [0.29, 0.717) is 17.0 Å². The van der Waals surface area contributed by atoms with Crippen molar-refractivity contribution in [2.75, 3.05) is 17.7 Å². The van der Waals surface area contributed by atoms with E-state index in [1.165, 1.54) is 11.8 Å². The van der Waals surface area contributed by atoms with Gasteiger partial charge in [0.2, 0.25) is 5.91 Å². The first-order valence-electron chi connectivity index (χ1n) is 9.54. The number of nitrogens with one attached hydrogen (secondary N) is 2. The number of anilines is 2. The largest absolute Gasteiger partial charge is 0.497 e. The van der Waals surface area contributed by atoms with Crippen molar-refractivity contribution in [3.63, 3.8) is 0 Å². The van der Waals surface area contributed by atoms with Gasteiger partial charge in [0.05, 0.1) is 12.4 Å². The van der Waals surface area contributed by atoms with E-state index >= 15 is 0 Å². The van der Waals surface area contributed by atoms with Crippen molar-refractivity contribution in [1.29, 1.82) is 0 Å². The van der Waals surface area contributed by atoms with E-state index in [-0.39, 0.29) is 17.1 Å². The molecule has 6 heteroatoms. The summed E-state index contributed by atoms with van der Waals surface area (Å²) in [6.07, 6.45) is 0. The monoisotopic (exact) mass is 420 g/mol. The number of carbonyl (C=O) groups excluding carboxylic acids is 2. The molecule has 2 amide bonds. The van der Waals surface area contributed by atoms with Gasteiger partial charge >= 0.3 is 0 Å². The van der Waals surface area contributed by atoms with E-state index in [0.717, 1.165) is 16.1 Å². The van der Waals surface area contributed by atoms with Gasteiger partial charge in [-0.25, -0.2) is 0 Å². The molecule has 0 radical (unpaired) electrons. The number of amides is 2. The summed E-state index contributed by atoms with van der Waals surface area (Å²) in [5.74, 6) is 0.332. The minimum absolute atomic E-state index is 0.0728. The highest BCUT2D eigenvalue weighted by Crippen LogP contribution is 2.27. The van der Waals surface area contributed by atoms with Crippen LogP contribution in [0.3, 0.4) is 0 Å². The fourth-order valence-corrected chi connectivity index (χ4v) is 3.77. The van der Waals surface area contributed by atoms with Gasteiger partial charge in [0.25, 0.3) is 5.91 Å². The van der Waals surface area contributed by atoms with Crippen molar-refractivity contribution >= 4 is 35.0 Å². The fourth-order valence-electron chi connectivity index (χ4n) is 2.84. The molecule has 1 unspecified atom stereocenters. The molecule has 154 valence electrons. The molecule has 3 aromatic rings. The van der Waals surface area contributed by atoms with Crippen LogP contribution in [0.25, 0.3) is 0 Å². The van der Waals surface area contributed by atoms with Crippen LogP contribution in [0.2, 0.25) is 0 Å². The van der Waals surface area contributed by atoms with Crippen molar-refractivity contribution in [3.8, 4) is 5.75 Å². The van der Waals surface area contributed by atoms with Gasteiger partial charge < -0.3 is 15.4 Å². The minimum Gasteiger partial charge on any atom is -0.497 e. The maximum atomic E-state index is 12.5. The Morgan fingerprint density at radius 3 is 2.33 bits per heavy atom. The number of rotatable bonds is 7. The summed E-state index contributed by atoms with van der Waals surface area (Å²) < 4.78 is 5.17. The normalized spacial score (nSPS) is 11.4. The first-order valence-corrected chi connectivity index (χ1v) is 10.4. The lowest BCUT2D eigenvalue weighted by Gasteiger charge is -2.13. The second-order valence-corrected chi connectivity index (χ2v) is 8.25. The first kappa shape index (κ1) is 21.5. The molecule has 2 N–H and O–H groups in total. The van der Waals surface area contributed by atoms with Crippen LogP contribution >= 0.6 is 11.8 Å². The Balaban J connectivity index is 1.63. The van der Waals surface area contributed by atoms with Crippen LogP contribution in [-0.4, -0.2) is 24.2 Å². The average molecular weight is 421 g/mol. The van der Waals surface area contributed by atoms with E-state index in [1.54, 1.807) is 31.4 Å². The Morgan fingerprint density at radius 1 is 0.900 bits per heavy atom. The van der Waals surface area contributed by atoms with Crippen LogP contribution in [0, 0.1) is 6.92 Å². The fraction of sp³-hybridized carbons (Fsp3) is 0.167. The number of carbonyl (C=O) groups is 2. The van der Waals surface area contributed by atoms with E-state index in [4.69, 9.17) is 4.74 Å². The van der Waals surface area contributed by atoms with E-state index in [1.807, 2.05) is 62.4 Å². The maximum Gasteiger partial charge on any atom is 0.255 e. The van der Waals surface area contributed by atoms with Gasteiger partial charge in [-0.15, -0.1) is 11.8 Å². The van der Waals surface area contributed by atoms with Crippen LogP contribution in [0.4, 0.5) is 11.4 Å². The summed E-state index contributed by atoms with van der Waals surface area (Å²) in [6.45, 7) is 3.84. The zero-order valence-corrected chi connectivity index (χ0v) is 18.0. The Hall–Kier alpha value is -3.25. The molecule has 0 fully saturated rings. The Morgan fingerprint density at radius 2 is 1.60 bits per heavy atom. The standard InChI is InChI=1S/C24H24N2O3S/c1-16-7-4-9-19(13-16)25-23(27)17(2)30-22-12-6-10-20(15-22)26-24(28)18-8-5-11-21(14-18)29-3/h4-15,17H,1-3H3,(H,25,27)(H,26,28). The molecule has 3 aromatic carbocycles. The third kappa shape index (κ3) is 5.87. The lowest BCUT2D eigenvalue weighted by atomic mass is 10.2. The van der Waals surface area contributed by atoms with E-state index < -0.39 is 0 Å². The quantitative estimate of drug-likeness (QED) is 0.504. The van der Waals surface area contributed by atoms with Crippen molar-refractivity contribution in [3.05, 3.63) is 83.9 Å². The molecule has 0 aliphatic rings. The van der Waals surface area contributed by atoms with E-state index in [2.05, 4.69) is 10.6 Å². The maximum absolute atomic E-state index is 12.5. The lowest BCUT2D eigenvalue weighted by Crippen LogP contribution is -2.22. The highest BCUT2D eigenvalue weighted by Gasteiger charge is 2.15. The summed E-state index contributed by atoms with van der Waals surface area (Å²) in [4.78, 5) is 25.9. The summed E-state index contributed by atoms with van der Waals surface area (Å²) in [7, 11) is 1.56. The van der Waals surface area contributed by atoms with Gasteiger partial charge in [-0.3, -0.25) is 9.59 Å². The van der Waals surface area contributed by atoms with Gasteiger partial charge in [-0.1, -0.05) is 24.3 Å². The molecule has 1 atom stereocenters. The number of hydrogen-bond acceptors (Lipinski definition) is 4. The van der Waals surface area contributed by atoms with Gasteiger partial charge in [0, 0.05) is 21.8 Å². The highest BCUT2D eigenvalue weighted by molar-refractivity contribution is 8.00. The number of thioether (sulfide) groups is 1. The SMILES string of the molecule is COc1cccc(C(=O)Nc2cccc(SC(C)C(=O)Nc3cccc(C)c3)c2)c1. The van der Waals surface area contributed by atoms with Crippen LogP contribution in [-0.2, 0) is 4.79 Å². The molecule has 0 saturated heterocycles. The molecule has 0 spiro atoms. The molecule has 0 aliphatic carbocycles. The number of benzene rings is 3. The third-order valence-corrected chi connectivity index (χ3v) is 5.49. The van der Waals surface area contributed by atoms with Gasteiger partial charge in [0.15, 0.2) is 0 Å². The summed E-state index contributed by atoms with van der Waals surface area (Å²) in [5.41, 5.74) is 3.05. The predicted octanol–water partition coefficient (Wildman–Crippen LogP) is 5.38. The van der Waals surface area contributed by atoms with Crippen molar-refractivity contribution < 1.29 is 14.3 Å². The summed E-state index contributed by atoms with van der Waals surface area (Å²) in [6, 6.07) is 22.1. The lowest BCUT2D eigenvalue weighted by molar-refractivity contribution is -0.115. The molecule has 30 heavy (non-hydrogen) atoms. The molecule has 0 aromatic heterocycles. The number of aryl methyl sites for hydroxylation is 1. The second kappa shape index (κ2) is 9.98. The number of methoxy groups -OCH3 is 1. The van der Waals surface area contributed by atoms with Crippen molar-refractivity contribution in [2.24, 2.45) is 0 Å². The smallest absolute Gasteiger partial charge is 0.255 e. The number of ether oxygens (including phenoxy) is 1. The Labute approximate surface area is 180 Å². The molecular formula is C24H24N2O3S. The van der Waals surface area contributed by atoms with Crippen LogP contribution in [0.5, 0.6) is 5.75 Å². The van der Waals surface area contributed by atoms with Crippen LogP contribution < -0.4 is 15.4 Å². The molecular weight excluding hydrogens is 396 g/mol. The van der Waals surface area contributed by atoms with Crippen LogP contribution in [0.15, 0.2) is 77.7 Å². The van der Waals surface area contributed by atoms with Crippen molar-refractivity contribution in [2.45, 2.75) is 24.0 Å². The molecule has 5 nitrogen and oxygen atoms in total. The van der Waals surface area contributed by atoms with Crippen LogP contribution in [0.1, 0.15) is 22.8 Å². The average Bonchev–Trinajstić information content (AvgIpc) is 2.74. The highest BCUT2D eigenvalue weighted by atomic mass is 32.2. The van der Waals surface area contributed by atoms with Gasteiger partial charge in [0.1, 0.15) is 5.75 Å². The predicted molar refractivity (Wildman–Crippen MR) is 123 cm³/mol. The topological polar surface area (TPSA) is 67.4 Å². The molecule has 0 aliphatic heterocycles. The van der Waals surface area contributed by atoms with Gasteiger partial charge in [-0.05, 0) is 67.9 Å². The zero-order chi connectivity index (χ0) is 21.5. The molecule has 0 heterocycles. The summed E-state index contributed by atoms with van der Waals surface area (Å²) in [5, 5.41) is 5.53. The Kier molecular flexibility index (Phi) is 7.14. The van der Waals surface area contributed by atoms with Gasteiger partial charge in [-0.2, -0.15) is 0 Å². The zero-order valence-electron chi connectivity index (χ0n) is 17.1. The second-order valence-electron chi connectivity index (χ2n) is 6.83. The first-order chi connectivity index (χ1) is 14.4. The van der Waals surface area contributed by atoms with E-state index in [9.17, 15) is 9.59 Å². The van der Waals surface area contributed by atoms with Crippen molar-refractivity contribution in [1.82, 2.24) is 0 Å². The molecule has 0 saturated carbocycles. The minimum atomic E-state index is -0.296. The summed E-state index contributed by atoms with van der Waals surface area (Å²) >= 11 is 1.43. The Bertz CT molecular complexity index is 1050.